The van der Waals surface area contributed by atoms with Crippen LogP contribution in [0.3, 0.4) is 0 Å². The van der Waals surface area contributed by atoms with Crippen molar-refractivity contribution in [2.45, 2.75) is 20.1 Å². The van der Waals surface area contributed by atoms with Gasteiger partial charge in [0.15, 0.2) is 0 Å². The van der Waals surface area contributed by atoms with Crippen LogP contribution in [0.1, 0.15) is 16.7 Å². The summed E-state index contributed by atoms with van der Waals surface area (Å²) in [6, 6.07) is 12.6. The number of rotatable bonds is 4. The summed E-state index contributed by atoms with van der Waals surface area (Å²) in [5, 5.41) is 18.6. The second-order valence-electron chi connectivity index (χ2n) is 4.18. The highest BCUT2D eigenvalue weighted by Crippen LogP contribution is 2.24. The smallest absolute Gasteiger partial charge is 0.128 e. The lowest BCUT2D eigenvalue weighted by molar-refractivity contribution is 0.258. The number of benzene rings is 2. The molecule has 2 aromatic carbocycles. The van der Waals surface area contributed by atoms with E-state index in [-0.39, 0.29) is 12.4 Å². The van der Waals surface area contributed by atoms with Gasteiger partial charge in [-0.15, -0.1) is 0 Å². The van der Waals surface area contributed by atoms with E-state index in [0.717, 1.165) is 16.7 Å². The maximum absolute atomic E-state index is 9.37. The number of para-hydroxylation sites is 1. The van der Waals surface area contributed by atoms with E-state index in [0.29, 0.717) is 12.4 Å². The summed E-state index contributed by atoms with van der Waals surface area (Å²) in [5.74, 6) is 0.937. The van der Waals surface area contributed by atoms with Crippen LogP contribution < -0.4 is 4.74 Å². The van der Waals surface area contributed by atoms with E-state index in [1.54, 1.807) is 18.2 Å². The Morgan fingerprint density at radius 1 is 1.11 bits per heavy atom. The summed E-state index contributed by atoms with van der Waals surface area (Å²) in [5.41, 5.74) is 2.65. The highest BCUT2D eigenvalue weighted by atomic mass is 16.5. The molecule has 18 heavy (non-hydrogen) atoms. The van der Waals surface area contributed by atoms with Crippen LogP contribution in [-0.2, 0) is 13.2 Å². The Bertz CT molecular complexity index is 535. The highest BCUT2D eigenvalue weighted by molar-refractivity contribution is 5.40. The Labute approximate surface area is 106 Å². The molecule has 0 radical (unpaired) electrons. The molecule has 0 bridgehead atoms. The minimum absolute atomic E-state index is 0.0446. The lowest BCUT2D eigenvalue weighted by Crippen LogP contribution is -2.00. The molecule has 0 atom stereocenters. The van der Waals surface area contributed by atoms with Crippen molar-refractivity contribution in [3.8, 4) is 11.5 Å². The Hall–Kier alpha value is -2.00. The third-order valence-electron chi connectivity index (χ3n) is 2.76. The first kappa shape index (κ1) is 12.5. The SMILES string of the molecule is Cc1cccc(CO)c1OCc1cccc(O)c1. The van der Waals surface area contributed by atoms with Crippen molar-refractivity contribution >= 4 is 0 Å². The van der Waals surface area contributed by atoms with Gasteiger partial charge in [0.1, 0.15) is 18.1 Å². The number of hydrogen-bond acceptors (Lipinski definition) is 3. The summed E-state index contributed by atoms with van der Waals surface area (Å²) in [4.78, 5) is 0. The number of hydrogen-bond donors (Lipinski definition) is 2. The summed E-state index contributed by atoms with van der Waals surface area (Å²) in [7, 11) is 0. The number of aryl methyl sites for hydroxylation is 1. The predicted octanol–water partition coefficient (Wildman–Crippen LogP) is 2.77. The first-order chi connectivity index (χ1) is 8.70. The topological polar surface area (TPSA) is 49.7 Å². The molecule has 2 aromatic rings. The normalized spacial score (nSPS) is 10.3. The first-order valence-corrected chi connectivity index (χ1v) is 5.81. The van der Waals surface area contributed by atoms with Gasteiger partial charge >= 0.3 is 0 Å². The van der Waals surface area contributed by atoms with Crippen LogP contribution in [-0.4, -0.2) is 10.2 Å². The van der Waals surface area contributed by atoms with Crippen molar-refractivity contribution in [3.63, 3.8) is 0 Å². The van der Waals surface area contributed by atoms with Gasteiger partial charge in [0.25, 0.3) is 0 Å². The van der Waals surface area contributed by atoms with Crippen molar-refractivity contribution < 1.29 is 14.9 Å². The van der Waals surface area contributed by atoms with Crippen LogP contribution in [0.5, 0.6) is 11.5 Å². The van der Waals surface area contributed by atoms with E-state index in [2.05, 4.69) is 0 Å². The molecule has 0 fully saturated rings. The molecule has 0 aliphatic heterocycles. The Kier molecular flexibility index (Phi) is 3.85. The average Bonchev–Trinajstić information content (AvgIpc) is 2.37. The van der Waals surface area contributed by atoms with Crippen molar-refractivity contribution in [1.82, 2.24) is 0 Å². The number of phenolic OH excluding ortho intramolecular Hbond substituents is 1. The molecule has 3 nitrogen and oxygen atoms in total. The van der Waals surface area contributed by atoms with Gasteiger partial charge in [0.2, 0.25) is 0 Å². The average molecular weight is 244 g/mol. The van der Waals surface area contributed by atoms with Crippen LogP contribution in [0.4, 0.5) is 0 Å². The molecule has 0 amide bonds. The number of aliphatic hydroxyl groups is 1. The van der Waals surface area contributed by atoms with Crippen molar-refractivity contribution in [3.05, 3.63) is 59.2 Å². The van der Waals surface area contributed by atoms with Crippen LogP contribution in [0.15, 0.2) is 42.5 Å². The molecular weight excluding hydrogens is 228 g/mol. The highest BCUT2D eigenvalue weighted by Gasteiger charge is 2.06. The van der Waals surface area contributed by atoms with Gasteiger partial charge in [-0.3, -0.25) is 0 Å². The zero-order valence-corrected chi connectivity index (χ0v) is 10.3. The fourth-order valence-electron chi connectivity index (χ4n) is 1.85. The van der Waals surface area contributed by atoms with Crippen LogP contribution in [0.2, 0.25) is 0 Å². The molecule has 0 unspecified atom stereocenters. The molecule has 94 valence electrons. The Balaban J connectivity index is 2.15. The van der Waals surface area contributed by atoms with E-state index in [4.69, 9.17) is 4.74 Å². The van der Waals surface area contributed by atoms with Crippen LogP contribution >= 0.6 is 0 Å². The Morgan fingerprint density at radius 3 is 2.61 bits per heavy atom. The van der Waals surface area contributed by atoms with Gasteiger partial charge in [-0.05, 0) is 30.2 Å². The van der Waals surface area contributed by atoms with Gasteiger partial charge in [0, 0.05) is 5.56 Å². The van der Waals surface area contributed by atoms with Crippen molar-refractivity contribution in [2.24, 2.45) is 0 Å². The molecule has 0 saturated heterocycles. The van der Waals surface area contributed by atoms with E-state index in [1.165, 1.54) is 0 Å². The monoisotopic (exact) mass is 244 g/mol. The van der Waals surface area contributed by atoms with Gasteiger partial charge in [-0.2, -0.15) is 0 Å². The van der Waals surface area contributed by atoms with Crippen LogP contribution in [0.25, 0.3) is 0 Å². The zero-order chi connectivity index (χ0) is 13.0. The minimum atomic E-state index is -0.0446. The van der Waals surface area contributed by atoms with Gasteiger partial charge < -0.3 is 14.9 Å². The van der Waals surface area contributed by atoms with Gasteiger partial charge in [0.05, 0.1) is 6.61 Å². The lowest BCUT2D eigenvalue weighted by atomic mass is 10.1. The first-order valence-electron chi connectivity index (χ1n) is 5.81. The Morgan fingerprint density at radius 2 is 1.89 bits per heavy atom. The fourth-order valence-corrected chi connectivity index (χ4v) is 1.85. The number of phenols is 1. The molecule has 2 rings (SSSR count). The van der Waals surface area contributed by atoms with Gasteiger partial charge in [-0.1, -0.05) is 30.3 Å². The number of aromatic hydroxyl groups is 1. The van der Waals surface area contributed by atoms with Crippen molar-refractivity contribution in [2.75, 3.05) is 0 Å². The maximum atomic E-state index is 9.37. The molecule has 0 aromatic heterocycles. The second kappa shape index (κ2) is 5.56. The van der Waals surface area contributed by atoms with Crippen LogP contribution in [0, 0.1) is 6.92 Å². The molecular formula is C15H16O3. The predicted molar refractivity (Wildman–Crippen MR) is 69.5 cm³/mol. The second-order valence-corrected chi connectivity index (χ2v) is 4.18. The molecule has 0 spiro atoms. The molecule has 0 aliphatic carbocycles. The lowest BCUT2D eigenvalue weighted by Gasteiger charge is -2.13. The minimum Gasteiger partial charge on any atom is -0.508 e. The third kappa shape index (κ3) is 2.81. The van der Waals surface area contributed by atoms with Crippen molar-refractivity contribution in [1.29, 1.82) is 0 Å². The number of aliphatic hydroxyl groups excluding tert-OH is 1. The maximum Gasteiger partial charge on any atom is 0.128 e. The largest absolute Gasteiger partial charge is 0.508 e. The van der Waals surface area contributed by atoms with E-state index in [1.807, 2.05) is 31.2 Å². The molecule has 0 saturated carbocycles. The number of ether oxygens (including phenoxy) is 1. The van der Waals surface area contributed by atoms with E-state index in [9.17, 15) is 10.2 Å². The molecule has 0 heterocycles. The zero-order valence-electron chi connectivity index (χ0n) is 10.3. The standard InChI is InChI=1S/C15H16O3/c1-11-4-2-6-13(9-16)15(11)18-10-12-5-3-7-14(17)8-12/h2-8,16-17H,9-10H2,1H3. The van der Waals surface area contributed by atoms with E-state index >= 15 is 0 Å². The third-order valence-corrected chi connectivity index (χ3v) is 2.76. The van der Waals surface area contributed by atoms with Gasteiger partial charge in [-0.25, -0.2) is 0 Å². The summed E-state index contributed by atoms with van der Waals surface area (Å²) in [6.45, 7) is 2.26. The summed E-state index contributed by atoms with van der Waals surface area (Å²) in [6.07, 6.45) is 0. The molecule has 2 N–H and O–H groups in total. The summed E-state index contributed by atoms with van der Waals surface area (Å²) < 4.78 is 5.73. The summed E-state index contributed by atoms with van der Waals surface area (Å²) >= 11 is 0. The molecule has 0 aliphatic rings. The molecule has 3 heteroatoms. The van der Waals surface area contributed by atoms with E-state index < -0.39 is 0 Å². The fraction of sp³-hybridized carbons (Fsp3) is 0.200. The quantitative estimate of drug-likeness (QED) is 0.869.